The molecule has 2 N–H and O–H groups in total. The number of para-hydroxylation sites is 1. The SMILES string of the molecule is Cc1ccc(CNC(=O)c2ccccc2NC(=O)c2c(C)nn(Cc3ccccc3)c2Cl)cc1. The maximum absolute atomic E-state index is 13.1. The molecule has 2 amide bonds. The molecule has 1 heterocycles. The molecular formula is C27H25ClN4O2. The summed E-state index contributed by atoms with van der Waals surface area (Å²) in [6, 6.07) is 24.6. The van der Waals surface area contributed by atoms with Gasteiger partial charge in [0.15, 0.2) is 0 Å². The molecule has 0 fully saturated rings. The second kappa shape index (κ2) is 10.4. The molecule has 0 spiro atoms. The van der Waals surface area contributed by atoms with Gasteiger partial charge in [0.25, 0.3) is 11.8 Å². The Balaban J connectivity index is 1.49. The van der Waals surface area contributed by atoms with Gasteiger partial charge in [0.05, 0.1) is 29.1 Å². The first-order chi connectivity index (χ1) is 16.4. The molecule has 6 nitrogen and oxygen atoms in total. The van der Waals surface area contributed by atoms with E-state index in [1.165, 1.54) is 0 Å². The summed E-state index contributed by atoms with van der Waals surface area (Å²) in [4.78, 5) is 26.0. The van der Waals surface area contributed by atoms with Gasteiger partial charge in [0.2, 0.25) is 0 Å². The number of aromatic nitrogens is 2. The third kappa shape index (κ3) is 5.35. The first kappa shape index (κ1) is 23.3. The van der Waals surface area contributed by atoms with E-state index in [1.54, 1.807) is 35.9 Å². The third-order valence-electron chi connectivity index (χ3n) is 5.46. The average molecular weight is 473 g/mol. The number of carbonyl (C=O) groups is 2. The van der Waals surface area contributed by atoms with Crippen molar-refractivity contribution in [3.8, 4) is 0 Å². The summed E-state index contributed by atoms with van der Waals surface area (Å²) in [6.45, 7) is 4.59. The molecule has 0 atom stereocenters. The summed E-state index contributed by atoms with van der Waals surface area (Å²) in [5, 5.41) is 10.4. The second-order valence-corrected chi connectivity index (χ2v) is 8.42. The van der Waals surface area contributed by atoms with Crippen molar-refractivity contribution in [1.82, 2.24) is 15.1 Å². The highest BCUT2D eigenvalue weighted by molar-refractivity contribution is 6.33. The molecule has 0 aliphatic carbocycles. The summed E-state index contributed by atoms with van der Waals surface area (Å²) in [7, 11) is 0. The zero-order chi connectivity index (χ0) is 24.1. The molecule has 1 aromatic heterocycles. The van der Waals surface area contributed by atoms with Crippen LogP contribution >= 0.6 is 11.6 Å². The molecule has 4 aromatic rings. The van der Waals surface area contributed by atoms with Crippen molar-refractivity contribution in [3.05, 3.63) is 118 Å². The number of anilines is 1. The van der Waals surface area contributed by atoms with Crippen LogP contribution in [-0.2, 0) is 13.1 Å². The molecule has 0 unspecified atom stereocenters. The number of carbonyl (C=O) groups excluding carboxylic acids is 2. The van der Waals surface area contributed by atoms with Crippen molar-refractivity contribution < 1.29 is 9.59 Å². The Hall–Kier alpha value is -3.90. The lowest BCUT2D eigenvalue weighted by atomic mass is 10.1. The standard InChI is InChI=1S/C27H25ClN4O2/c1-18-12-14-20(15-13-18)16-29-26(33)22-10-6-7-11-23(22)30-27(34)24-19(2)31-32(25(24)28)17-21-8-4-3-5-9-21/h3-15H,16-17H2,1-2H3,(H,29,33)(H,30,34). The van der Waals surface area contributed by atoms with E-state index in [1.807, 2.05) is 61.5 Å². The van der Waals surface area contributed by atoms with E-state index in [4.69, 9.17) is 11.6 Å². The number of aryl methyl sites for hydroxylation is 2. The lowest BCUT2D eigenvalue weighted by molar-refractivity contribution is 0.0952. The van der Waals surface area contributed by atoms with E-state index in [2.05, 4.69) is 15.7 Å². The highest BCUT2D eigenvalue weighted by Gasteiger charge is 2.22. The lowest BCUT2D eigenvalue weighted by Gasteiger charge is -2.12. The Bertz CT molecular complexity index is 1310. The van der Waals surface area contributed by atoms with E-state index in [0.29, 0.717) is 30.0 Å². The van der Waals surface area contributed by atoms with Crippen molar-refractivity contribution in [1.29, 1.82) is 0 Å². The zero-order valence-electron chi connectivity index (χ0n) is 19.0. The predicted molar refractivity (Wildman–Crippen MR) is 134 cm³/mol. The molecule has 0 aliphatic heterocycles. The van der Waals surface area contributed by atoms with Crippen LogP contribution in [0.15, 0.2) is 78.9 Å². The van der Waals surface area contributed by atoms with Crippen molar-refractivity contribution in [2.75, 3.05) is 5.32 Å². The van der Waals surface area contributed by atoms with Crippen LogP contribution in [0, 0.1) is 13.8 Å². The van der Waals surface area contributed by atoms with Gasteiger partial charge in [-0.1, -0.05) is 83.9 Å². The van der Waals surface area contributed by atoms with Gasteiger partial charge in [0, 0.05) is 6.54 Å². The van der Waals surface area contributed by atoms with Crippen molar-refractivity contribution >= 4 is 29.1 Å². The van der Waals surface area contributed by atoms with Gasteiger partial charge in [-0.25, -0.2) is 4.68 Å². The van der Waals surface area contributed by atoms with Gasteiger partial charge in [-0.2, -0.15) is 5.10 Å². The summed E-state index contributed by atoms with van der Waals surface area (Å²) >= 11 is 6.53. The number of hydrogen-bond donors (Lipinski definition) is 2. The van der Waals surface area contributed by atoms with E-state index >= 15 is 0 Å². The fourth-order valence-electron chi connectivity index (χ4n) is 3.63. The molecule has 0 radical (unpaired) electrons. The molecule has 3 aromatic carbocycles. The van der Waals surface area contributed by atoms with E-state index in [0.717, 1.165) is 16.7 Å². The molecule has 172 valence electrons. The first-order valence-corrected chi connectivity index (χ1v) is 11.3. The highest BCUT2D eigenvalue weighted by Crippen LogP contribution is 2.24. The third-order valence-corrected chi connectivity index (χ3v) is 5.85. The maximum Gasteiger partial charge on any atom is 0.260 e. The van der Waals surface area contributed by atoms with Crippen LogP contribution < -0.4 is 10.6 Å². The van der Waals surface area contributed by atoms with Crippen LogP contribution in [0.3, 0.4) is 0 Å². The van der Waals surface area contributed by atoms with Crippen LogP contribution in [0.5, 0.6) is 0 Å². The largest absolute Gasteiger partial charge is 0.348 e. The fourth-order valence-corrected chi connectivity index (χ4v) is 3.95. The molecule has 34 heavy (non-hydrogen) atoms. The first-order valence-electron chi connectivity index (χ1n) is 10.9. The highest BCUT2D eigenvalue weighted by atomic mass is 35.5. The van der Waals surface area contributed by atoms with Gasteiger partial charge in [-0.05, 0) is 37.1 Å². The van der Waals surface area contributed by atoms with E-state index in [9.17, 15) is 9.59 Å². The maximum atomic E-state index is 13.1. The molecule has 0 saturated carbocycles. The van der Waals surface area contributed by atoms with Gasteiger partial charge >= 0.3 is 0 Å². The van der Waals surface area contributed by atoms with E-state index in [-0.39, 0.29) is 16.6 Å². The molecular weight excluding hydrogens is 448 g/mol. The number of nitrogens with one attached hydrogen (secondary N) is 2. The summed E-state index contributed by atoms with van der Waals surface area (Å²) < 4.78 is 1.60. The minimum atomic E-state index is -0.416. The number of rotatable bonds is 7. The second-order valence-electron chi connectivity index (χ2n) is 8.06. The van der Waals surface area contributed by atoms with Crippen LogP contribution in [0.4, 0.5) is 5.69 Å². The normalized spacial score (nSPS) is 10.7. The number of halogens is 1. The van der Waals surface area contributed by atoms with Crippen molar-refractivity contribution in [2.24, 2.45) is 0 Å². The summed E-state index contributed by atoms with van der Waals surface area (Å²) in [5.74, 6) is -0.695. The minimum absolute atomic E-state index is 0.250. The van der Waals surface area contributed by atoms with Crippen LogP contribution in [0.2, 0.25) is 5.15 Å². The zero-order valence-corrected chi connectivity index (χ0v) is 19.8. The van der Waals surface area contributed by atoms with Gasteiger partial charge in [-0.15, -0.1) is 0 Å². The van der Waals surface area contributed by atoms with E-state index < -0.39 is 5.91 Å². The van der Waals surface area contributed by atoms with Gasteiger partial charge in [0.1, 0.15) is 5.15 Å². The Kier molecular flexibility index (Phi) is 7.09. The summed E-state index contributed by atoms with van der Waals surface area (Å²) in [6.07, 6.45) is 0. The minimum Gasteiger partial charge on any atom is -0.348 e. The van der Waals surface area contributed by atoms with Crippen LogP contribution in [0.25, 0.3) is 0 Å². The monoisotopic (exact) mass is 472 g/mol. The van der Waals surface area contributed by atoms with Gasteiger partial charge < -0.3 is 10.6 Å². The molecule has 0 saturated heterocycles. The topological polar surface area (TPSA) is 76.0 Å². The Morgan fingerprint density at radius 2 is 1.53 bits per heavy atom. The number of benzene rings is 3. The smallest absolute Gasteiger partial charge is 0.260 e. The molecule has 0 bridgehead atoms. The Labute approximate surface area is 203 Å². The molecule has 7 heteroatoms. The summed E-state index contributed by atoms with van der Waals surface area (Å²) in [5.41, 5.74) is 4.74. The predicted octanol–water partition coefficient (Wildman–Crippen LogP) is 5.38. The number of hydrogen-bond acceptors (Lipinski definition) is 3. The number of amides is 2. The lowest BCUT2D eigenvalue weighted by Crippen LogP contribution is -2.25. The van der Waals surface area contributed by atoms with Gasteiger partial charge in [-0.3, -0.25) is 9.59 Å². The quantitative estimate of drug-likeness (QED) is 0.379. The number of nitrogens with zero attached hydrogens (tertiary/aromatic N) is 2. The van der Waals surface area contributed by atoms with Crippen molar-refractivity contribution in [2.45, 2.75) is 26.9 Å². The van der Waals surface area contributed by atoms with Crippen LogP contribution in [-0.4, -0.2) is 21.6 Å². The average Bonchev–Trinajstić information content (AvgIpc) is 3.12. The van der Waals surface area contributed by atoms with Crippen molar-refractivity contribution in [3.63, 3.8) is 0 Å². The Morgan fingerprint density at radius 1 is 0.853 bits per heavy atom. The molecule has 4 rings (SSSR count). The Morgan fingerprint density at radius 3 is 2.26 bits per heavy atom. The van der Waals surface area contributed by atoms with Crippen LogP contribution in [0.1, 0.15) is 43.1 Å². The fraction of sp³-hybridized carbons (Fsp3) is 0.148. The molecule has 0 aliphatic rings.